The highest BCUT2D eigenvalue weighted by atomic mass is 32.2. The molecule has 2 aromatic carbocycles. The molecule has 3 rings (SSSR count). The fourth-order valence-corrected chi connectivity index (χ4v) is 3.58. The molecule has 7 nitrogen and oxygen atoms in total. The molecular formula is C19H19N3O4S. The topological polar surface area (TPSA) is 101 Å². The number of hydrogen-bond acceptors (Lipinski definition) is 5. The minimum atomic E-state index is -3.74. The molecule has 0 atom stereocenters. The van der Waals surface area contributed by atoms with Crippen LogP contribution in [-0.4, -0.2) is 19.5 Å². The maximum Gasteiger partial charge on any atom is 0.261 e. The summed E-state index contributed by atoms with van der Waals surface area (Å²) in [5, 5.41) is 6.44. The summed E-state index contributed by atoms with van der Waals surface area (Å²) in [7, 11) is -3.74. The van der Waals surface area contributed by atoms with Gasteiger partial charge >= 0.3 is 0 Å². The van der Waals surface area contributed by atoms with Gasteiger partial charge < -0.3 is 9.84 Å². The van der Waals surface area contributed by atoms with Crippen LogP contribution in [0.3, 0.4) is 0 Å². The zero-order chi connectivity index (χ0) is 19.4. The zero-order valence-corrected chi connectivity index (χ0v) is 15.7. The van der Waals surface area contributed by atoms with E-state index < -0.39 is 10.0 Å². The zero-order valence-electron chi connectivity index (χ0n) is 14.9. The molecule has 1 aromatic heterocycles. The fourth-order valence-electron chi connectivity index (χ4n) is 2.45. The molecule has 2 N–H and O–H groups in total. The maximum atomic E-state index is 12.5. The van der Waals surface area contributed by atoms with Crippen molar-refractivity contribution in [1.82, 2.24) is 10.5 Å². The highest BCUT2D eigenvalue weighted by molar-refractivity contribution is 7.92. The average Bonchev–Trinajstić information content (AvgIpc) is 3.07. The Morgan fingerprint density at radius 3 is 2.41 bits per heavy atom. The van der Waals surface area contributed by atoms with Crippen LogP contribution in [0.5, 0.6) is 0 Å². The van der Waals surface area contributed by atoms with E-state index in [4.69, 9.17) is 4.52 Å². The van der Waals surface area contributed by atoms with E-state index in [-0.39, 0.29) is 17.3 Å². The molecule has 0 fully saturated rings. The van der Waals surface area contributed by atoms with Gasteiger partial charge in [-0.1, -0.05) is 23.4 Å². The molecule has 0 saturated heterocycles. The Bertz CT molecular complexity index is 1060. The second kappa shape index (κ2) is 7.63. The molecule has 27 heavy (non-hydrogen) atoms. The standard InChI is InChI=1S/C19H19N3O4S/c1-13-5-3-4-6-18(13)22-27(24,25)17-9-7-15(8-10-17)19(23)20-12-16-11-14(2)21-26-16/h3-11,22H,12H2,1-2H3,(H,20,23). The molecular weight excluding hydrogens is 366 g/mol. The van der Waals surface area contributed by atoms with Crippen molar-refractivity contribution in [2.45, 2.75) is 25.3 Å². The average molecular weight is 385 g/mol. The van der Waals surface area contributed by atoms with E-state index in [1.165, 1.54) is 24.3 Å². The van der Waals surface area contributed by atoms with Crippen LogP contribution in [0.1, 0.15) is 27.4 Å². The Balaban J connectivity index is 1.68. The van der Waals surface area contributed by atoms with E-state index in [0.29, 0.717) is 17.0 Å². The lowest BCUT2D eigenvalue weighted by atomic mass is 10.2. The molecule has 0 spiro atoms. The number of anilines is 1. The van der Waals surface area contributed by atoms with E-state index in [1.54, 1.807) is 25.1 Å². The van der Waals surface area contributed by atoms with Crippen LogP contribution in [0.4, 0.5) is 5.69 Å². The number of nitrogens with one attached hydrogen (secondary N) is 2. The van der Waals surface area contributed by atoms with E-state index in [0.717, 1.165) is 11.3 Å². The molecule has 1 amide bonds. The molecule has 0 aliphatic heterocycles. The number of amides is 1. The summed E-state index contributed by atoms with van der Waals surface area (Å²) in [6.45, 7) is 3.81. The SMILES string of the molecule is Cc1cc(CNC(=O)c2ccc(S(=O)(=O)Nc3ccccc3C)cc2)on1. The Labute approximate surface area is 157 Å². The minimum absolute atomic E-state index is 0.0770. The van der Waals surface area contributed by atoms with Crippen molar-refractivity contribution in [3.05, 3.63) is 77.2 Å². The summed E-state index contributed by atoms with van der Waals surface area (Å²) in [6, 6.07) is 14.6. The molecule has 1 heterocycles. The number of aromatic nitrogens is 1. The Hall–Kier alpha value is -3.13. The molecule has 0 bridgehead atoms. The number of aryl methyl sites for hydroxylation is 2. The Kier molecular flexibility index (Phi) is 5.27. The van der Waals surface area contributed by atoms with Crippen molar-refractivity contribution in [2.75, 3.05) is 4.72 Å². The minimum Gasteiger partial charge on any atom is -0.359 e. The van der Waals surface area contributed by atoms with Crippen LogP contribution in [0, 0.1) is 13.8 Å². The van der Waals surface area contributed by atoms with Crippen molar-refractivity contribution in [3.63, 3.8) is 0 Å². The first kappa shape index (κ1) is 18.7. The van der Waals surface area contributed by atoms with Crippen LogP contribution in [0.2, 0.25) is 0 Å². The van der Waals surface area contributed by atoms with Gasteiger partial charge in [-0.05, 0) is 49.7 Å². The molecule has 3 aromatic rings. The first-order valence-electron chi connectivity index (χ1n) is 8.24. The lowest BCUT2D eigenvalue weighted by molar-refractivity contribution is 0.0947. The van der Waals surface area contributed by atoms with Crippen LogP contribution in [0.25, 0.3) is 0 Å². The maximum absolute atomic E-state index is 12.5. The van der Waals surface area contributed by atoms with Gasteiger partial charge in [0.25, 0.3) is 15.9 Å². The molecule has 0 radical (unpaired) electrons. The second-order valence-electron chi connectivity index (χ2n) is 6.06. The van der Waals surface area contributed by atoms with Crippen molar-refractivity contribution in [2.24, 2.45) is 0 Å². The quantitative estimate of drug-likeness (QED) is 0.679. The van der Waals surface area contributed by atoms with Gasteiger partial charge in [-0.25, -0.2) is 8.42 Å². The lowest BCUT2D eigenvalue weighted by Gasteiger charge is -2.11. The summed E-state index contributed by atoms with van der Waals surface area (Å²) in [5.74, 6) is 0.211. The predicted molar refractivity (Wildman–Crippen MR) is 101 cm³/mol. The van der Waals surface area contributed by atoms with E-state index in [9.17, 15) is 13.2 Å². The summed E-state index contributed by atoms with van der Waals surface area (Å²) < 4.78 is 32.6. The number of carbonyl (C=O) groups is 1. The van der Waals surface area contributed by atoms with Gasteiger partial charge in [-0.15, -0.1) is 0 Å². The van der Waals surface area contributed by atoms with Gasteiger partial charge in [-0.2, -0.15) is 0 Å². The van der Waals surface area contributed by atoms with E-state index in [1.807, 2.05) is 19.1 Å². The number of rotatable bonds is 6. The Morgan fingerprint density at radius 2 is 1.78 bits per heavy atom. The number of hydrogen-bond donors (Lipinski definition) is 2. The van der Waals surface area contributed by atoms with Crippen LogP contribution in [0.15, 0.2) is 64.0 Å². The molecule has 0 aliphatic carbocycles. The number of para-hydroxylation sites is 1. The van der Waals surface area contributed by atoms with E-state index in [2.05, 4.69) is 15.2 Å². The largest absolute Gasteiger partial charge is 0.359 e. The molecule has 140 valence electrons. The van der Waals surface area contributed by atoms with Gasteiger partial charge in [-0.3, -0.25) is 9.52 Å². The first-order valence-corrected chi connectivity index (χ1v) is 9.72. The fraction of sp³-hybridized carbons (Fsp3) is 0.158. The summed E-state index contributed by atoms with van der Waals surface area (Å²) in [5.41, 5.74) is 2.41. The monoisotopic (exact) mass is 385 g/mol. The van der Waals surface area contributed by atoms with Crippen LogP contribution in [-0.2, 0) is 16.6 Å². The van der Waals surface area contributed by atoms with Crippen LogP contribution >= 0.6 is 0 Å². The van der Waals surface area contributed by atoms with Crippen molar-refractivity contribution in [1.29, 1.82) is 0 Å². The second-order valence-corrected chi connectivity index (χ2v) is 7.74. The molecule has 0 aliphatic rings. The summed E-state index contributed by atoms with van der Waals surface area (Å²) in [4.78, 5) is 12.3. The smallest absolute Gasteiger partial charge is 0.261 e. The third kappa shape index (κ3) is 4.53. The highest BCUT2D eigenvalue weighted by Gasteiger charge is 2.16. The Morgan fingerprint density at radius 1 is 1.07 bits per heavy atom. The van der Waals surface area contributed by atoms with Gasteiger partial charge in [0, 0.05) is 11.6 Å². The molecule has 0 unspecified atom stereocenters. The van der Waals surface area contributed by atoms with Gasteiger partial charge in [0.2, 0.25) is 0 Å². The normalized spacial score (nSPS) is 11.2. The number of benzene rings is 2. The number of carbonyl (C=O) groups excluding carboxylic acids is 1. The van der Waals surface area contributed by atoms with Crippen molar-refractivity contribution < 1.29 is 17.7 Å². The molecule has 0 saturated carbocycles. The third-order valence-corrected chi connectivity index (χ3v) is 5.30. The van der Waals surface area contributed by atoms with Gasteiger partial charge in [0.1, 0.15) is 0 Å². The predicted octanol–water partition coefficient (Wildman–Crippen LogP) is 3.02. The van der Waals surface area contributed by atoms with Gasteiger partial charge in [0.15, 0.2) is 5.76 Å². The van der Waals surface area contributed by atoms with Crippen LogP contribution < -0.4 is 10.0 Å². The van der Waals surface area contributed by atoms with Crippen molar-refractivity contribution in [3.8, 4) is 0 Å². The lowest BCUT2D eigenvalue weighted by Crippen LogP contribution is -2.22. The number of nitrogens with zero attached hydrogens (tertiary/aromatic N) is 1. The first-order chi connectivity index (χ1) is 12.8. The van der Waals surface area contributed by atoms with E-state index >= 15 is 0 Å². The number of sulfonamides is 1. The van der Waals surface area contributed by atoms with Crippen molar-refractivity contribution >= 4 is 21.6 Å². The van der Waals surface area contributed by atoms with Gasteiger partial charge in [0.05, 0.1) is 22.8 Å². The highest BCUT2D eigenvalue weighted by Crippen LogP contribution is 2.19. The summed E-state index contributed by atoms with van der Waals surface area (Å²) >= 11 is 0. The summed E-state index contributed by atoms with van der Waals surface area (Å²) in [6.07, 6.45) is 0. The third-order valence-electron chi connectivity index (χ3n) is 3.92. The molecule has 8 heteroatoms.